The van der Waals surface area contributed by atoms with E-state index >= 15 is 0 Å². The second kappa shape index (κ2) is 6.49. The molecule has 1 heterocycles. The van der Waals surface area contributed by atoms with Gasteiger partial charge in [-0.05, 0) is 31.2 Å². The molecule has 0 saturated heterocycles. The van der Waals surface area contributed by atoms with Gasteiger partial charge in [-0.2, -0.15) is 26.3 Å². The number of aromatic nitrogens is 2. The van der Waals surface area contributed by atoms with Crippen molar-refractivity contribution < 1.29 is 26.3 Å². The predicted octanol–water partition coefficient (Wildman–Crippen LogP) is 5.35. The van der Waals surface area contributed by atoms with E-state index in [2.05, 4.69) is 9.97 Å². The highest BCUT2D eigenvalue weighted by Gasteiger charge is 2.31. The van der Waals surface area contributed by atoms with Gasteiger partial charge in [-0.15, -0.1) is 0 Å². The number of hydrogen-bond acceptors (Lipinski definition) is 3. The Morgan fingerprint density at radius 2 is 1.37 bits per heavy atom. The fourth-order valence-electron chi connectivity index (χ4n) is 2.61. The molecule has 2 N–H and O–H groups in total. The van der Waals surface area contributed by atoms with Crippen LogP contribution in [0, 0.1) is 0 Å². The zero-order valence-corrected chi connectivity index (χ0v) is 13.9. The van der Waals surface area contributed by atoms with Crippen LogP contribution in [-0.4, -0.2) is 9.97 Å². The lowest BCUT2D eigenvalue weighted by atomic mass is 10.1. The SMILES string of the molecule is CC(N)c1nc(-c2ccc(C(F)(F)F)cc2)nc2cc(C(F)(F)F)ccc12. The lowest BCUT2D eigenvalue weighted by Gasteiger charge is -2.14. The maximum Gasteiger partial charge on any atom is 0.416 e. The first-order chi connectivity index (χ1) is 12.5. The molecule has 1 aromatic heterocycles. The van der Waals surface area contributed by atoms with E-state index in [0.29, 0.717) is 11.1 Å². The van der Waals surface area contributed by atoms with Gasteiger partial charge in [0.15, 0.2) is 5.82 Å². The third-order valence-electron chi connectivity index (χ3n) is 3.96. The number of hydrogen-bond donors (Lipinski definition) is 1. The van der Waals surface area contributed by atoms with Crippen molar-refractivity contribution in [3.8, 4) is 11.4 Å². The van der Waals surface area contributed by atoms with Crippen molar-refractivity contribution >= 4 is 10.9 Å². The van der Waals surface area contributed by atoms with Gasteiger partial charge in [-0.25, -0.2) is 9.97 Å². The first-order valence-corrected chi connectivity index (χ1v) is 7.79. The fourth-order valence-corrected chi connectivity index (χ4v) is 2.61. The zero-order chi connectivity index (χ0) is 20.0. The number of nitrogens with two attached hydrogens (primary N) is 1. The molecule has 2 aromatic carbocycles. The summed E-state index contributed by atoms with van der Waals surface area (Å²) in [7, 11) is 0. The molecule has 1 unspecified atom stereocenters. The number of benzene rings is 2. The Labute approximate surface area is 149 Å². The Bertz CT molecular complexity index is 975. The van der Waals surface area contributed by atoms with Gasteiger partial charge in [0, 0.05) is 17.0 Å². The molecule has 0 aliphatic rings. The quantitative estimate of drug-likeness (QED) is 0.605. The number of nitrogens with zero attached hydrogens (tertiary/aromatic N) is 2. The van der Waals surface area contributed by atoms with Crippen molar-refractivity contribution in [3.05, 3.63) is 59.3 Å². The maximum atomic E-state index is 13.0. The molecule has 0 bridgehead atoms. The van der Waals surface area contributed by atoms with Gasteiger partial charge < -0.3 is 5.73 Å². The molecule has 1 atom stereocenters. The monoisotopic (exact) mass is 385 g/mol. The van der Waals surface area contributed by atoms with Crippen LogP contribution in [0.2, 0.25) is 0 Å². The average molecular weight is 385 g/mol. The van der Waals surface area contributed by atoms with Gasteiger partial charge in [0.1, 0.15) is 0 Å². The highest BCUT2D eigenvalue weighted by atomic mass is 19.4. The molecule has 0 fully saturated rings. The molecular formula is C18H13F6N3. The molecular weight excluding hydrogens is 372 g/mol. The molecule has 0 spiro atoms. The third-order valence-corrected chi connectivity index (χ3v) is 3.96. The number of rotatable bonds is 2. The maximum absolute atomic E-state index is 13.0. The van der Waals surface area contributed by atoms with Crippen molar-refractivity contribution in [2.24, 2.45) is 5.73 Å². The van der Waals surface area contributed by atoms with Gasteiger partial charge in [0.05, 0.1) is 22.3 Å². The second-order valence-electron chi connectivity index (χ2n) is 6.03. The van der Waals surface area contributed by atoms with Gasteiger partial charge in [-0.3, -0.25) is 0 Å². The Morgan fingerprint density at radius 3 is 1.89 bits per heavy atom. The normalized spacial score (nSPS) is 13.8. The molecule has 0 aliphatic heterocycles. The summed E-state index contributed by atoms with van der Waals surface area (Å²) in [5.74, 6) is 0.00264. The minimum absolute atomic E-state index is 0.00264. The Morgan fingerprint density at radius 1 is 0.815 bits per heavy atom. The summed E-state index contributed by atoms with van der Waals surface area (Å²) in [5.41, 5.74) is 4.70. The smallest absolute Gasteiger partial charge is 0.323 e. The van der Waals surface area contributed by atoms with Crippen molar-refractivity contribution in [3.63, 3.8) is 0 Å². The summed E-state index contributed by atoms with van der Waals surface area (Å²) < 4.78 is 77.0. The predicted molar refractivity (Wildman–Crippen MR) is 87.6 cm³/mol. The van der Waals surface area contributed by atoms with E-state index in [4.69, 9.17) is 5.73 Å². The van der Waals surface area contributed by atoms with Crippen molar-refractivity contribution in [2.75, 3.05) is 0 Å². The van der Waals surface area contributed by atoms with E-state index in [0.717, 1.165) is 24.3 Å². The number of halogens is 6. The number of alkyl halides is 6. The molecule has 9 heteroatoms. The third kappa shape index (κ3) is 3.87. The largest absolute Gasteiger partial charge is 0.416 e. The van der Waals surface area contributed by atoms with E-state index in [-0.39, 0.29) is 16.9 Å². The lowest BCUT2D eigenvalue weighted by Crippen LogP contribution is -2.11. The molecule has 3 rings (SSSR count). The molecule has 0 amide bonds. The molecule has 3 aromatic rings. The van der Waals surface area contributed by atoms with E-state index in [9.17, 15) is 26.3 Å². The van der Waals surface area contributed by atoms with Crippen LogP contribution in [-0.2, 0) is 12.4 Å². The second-order valence-corrected chi connectivity index (χ2v) is 6.03. The summed E-state index contributed by atoms with van der Waals surface area (Å²) >= 11 is 0. The van der Waals surface area contributed by atoms with Crippen LogP contribution >= 0.6 is 0 Å². The van der Waals surface area contributed by atoms with Crippen LogP contribution in [0.5, 0.6) is 0 Å². The molecule has 142 valence electrons. The highest BCUT2D eigenvalue weighted by Crippen LogP contribution is 2.34. The van der Waals surface area contributed by atoms with E-state index in [1.165, 1.54) is 18.2 Å². The van der Waals surface area contributed by atoms with Crippen molar-refractivity contribution in [1.29, 1.82) is 0 Å². The molecule has 0 saturated carbocycles. The highest BCUT2D eigenvalue weighted by molar-refractivity contribution is 5.84. The minimum Gasteiger partial charge on any atom is -0.323 e. The fraction of sp³-hybridized carbons (Fsp3) is 0.222. The standard InChI is InChI=1S/C18H13F6N3/c1-9(25)15-13-7-6-12(18(22,23)24)8-14(13)26-16(27-15)10-2-4-11(5-3-10)17(19,20)21/h2-9H,25H2,1H3. The zero-order valence-electron chi connectivity index (χ0n) is 13.9. The van der Waals surface area contributed by atoms with Crippen LogP contribution < -0.4 is 5.73 Å². The van der Waals surface area contributed by atoms with Gasteiger partial charge >= 0.3 is 12.4 Å². The van der Waals surface area contributed by atoms with Gasteiger partial charge in [0.25, 0.3) is 0 Å². The van der Waals surface area contributed by atoms with E-state index in [1.807, 2.05) is 0 Å². The first kappa shape index (κ1) is 19.1. The minimum atomic E-state index is -4.55. The molecule has 27 heavy (non-hydrogen) atoms. The topological polar surface area (TPSA) is 51.8 Å². The van der Waals surface area contributed by atoms with E-state index in [1.54, 1.807) is 6.92 Å². The summed E-state index contributed by atoms with van der Waals surface area (Å²) in [5, 5.41) is 0.355. The number of fused-ring (bicyclic) bond motifs is 1. The van der Waals surface area contributed by atoms with Crippen molar-refractivity contribution in [1.82, 2.24) is 9.97 Å². The summed E-state index contributed by atoms with van der Waals surface area (Å²) in [6.07, 6.45) is -9.05. The van der Waals surface area contributed by atoms with Gasteiger partial charge in [-0.1, -0.05) is 18.2 Å². The van der Waals surface area contributed by atoms with Gasteiger partial charge in [0.2, 0.25) is 0 Å². The summed E-state index contributed by atoms with van der Waals surface area (Å²) in [6.45, 7) is 1.61. The van der Waals surface area contributed by atoms with Crippen LogP contribution in [0.4, 0.5) is 26.3 Å². The van der Waals surface area contributed by atoms with E-state index < -0.39 is 29.5 Å². The van der Waals surface area contributed by atoms with Crippen LogP contribution in [0.3, 0.4) is 0 Å². The summed E-state index contributed by atoms with van der Waals surface area (Å²) in [4.78, 5) is 8.36. The molecule has 3 nitrogen and oxygen atoms in total. The molecule has 0 aliphatic carbocycles. The summed E-state index contributed by atoms with van der Waals surface area (Å²) in [6, 6.07) is 6.48. The van der Waals surface area contributed by atoms with Crippen LogP contribution in [0.25, 0.3) is 22.3 Å². The van der Waals surface area contributed by atoms with Crippen LogP contribution in [0.1, 0.15) is 29.8 Å². The average Bonchev–Trinajstić information content (AvgIpc) is 2.58. The first-order valence-electron chi connectivity index (χ1n) is 7.79. The van der Waals surface area contributed by atoms with Crippen LogP contribution in [0.15, 0.2) is 42.5 Å². The Hall–Kier alpha value is -2.68. The Balaban J connectivity index is 2.18. The Kier molecular flexibility index (Phi) is 4.59. The molecule has 0 radical (unpaired) electrons. The lowest BCUT2D eigenvalue weighted by molar-refractivity contribution is -0.138. The van der Waals surface area contributed by atoms with Crippen molar-refractivity contribution in [2.45, 2.75) is 25.3 Å².